The van der Waals surface area contributed by atoms with Crippen molar-refractivity contribution in [2.24, 2.45) is 5.90 Å². The van der Waals surface area contributed by atoms with E-state index in [1.807, 2.05) is 4.90 Å². The normalized spacial score (nSPS) is 13.7. The van der Waals surface area contributed by atoms with Gasteiger partial charge in [-0.15, -0.1) is 9.32 Å². The fourth-order valence-corrected chi connectivity index (χ4v) is 4.97. The molecule has 0 radical (unpaired) electrons. The molecule has 1 fully saturated rings. The van der Waals surface area contributed by atoms with E-state index in [0.29, 0.717) is 40.8 Å². The summed E-state index contributed by atoms with van der Waals surface area (Å²) in [6.45, 7) is 1.35. The van der Waals surface area contributed by atoms with Gasteiger partial charge in [0.05, 0.1) is 37.5 Å². The molecule has 0 amide bonds. The molecular formula is C27H25F4N7O4S. The number of piperazine rings is 1. The van der Waals surface area contributed by atoms with Crippen molar-refractivity contribution in [1.82, 2.24) is 19.9 Å². The molecule has 0 spiro atoms. The number of aromatic nitrogens is 4. The number of halogens is 4. The van der Waals surface area contributed by atoms with Crippen molar-refractivity contribution in [1.29, 1.82) is 0 Å². The maximum Gasteiger partial charge on any atom is 0.451 e. The highest BCUT2D eigenvalue weighted by Crippen LogP contribution is 2.42. The van der Waals surface area contributed by atoms with Crippen molar-refractivity contribution >= 4 is 23.7 Å². The molecule has 5 rings (SSSR count). The molecule has 0 aliphatic carbocycles. The Balaban J connectivity index is 1.60. The number of ether oxygens (including phenoxy) is 2. The summed E-state index contributed by atoms with van der Waals surface area (Å²) in [5.41, 5.74) is 1.10. The van der Waals surface area contributed by atoms with E-state index in [2.05, 4.69) is 24.9 Å². The molecule has 2 N–H and O–H groups in total. The Bertz CT molecular complexity index is 1550. The molecule has 0 bridgehead atoms. The van der Waals surface area contributed by atoms with Crippen molar-refractivity contribution in [3.63, 3.8) is 0 Å². The molecule has 0 saturated carbocycles. The zero-order valence-electron chi connectivity index (χ0n) is 22.8. The first-order valence-electron chi connectivity index (χ1n) is 12.7. The summed E-state index contributed by atoms with van der Waals surface area (Å²) >= 11 is 0.815. The highest BCUT2D eigenvalue weighted by Gasteiger charge is 2.38. The van der Waals surface area contributed by atoms with Crippen molar-refractivity contribution in [3.8, 4) is 34.3 Å². The first-order chi connectivity index (χ1) is 20.7. The van der Waals surface area contributed by atoms with Gasteiger partial charge in [0, 0.05) is 42.7 Å². The minimum atomic E-state index is -4.85. The zero-order chi connectivity index (χ0) is 30.6. The monoisotopic (exact) mass is 619 g/mol. The average molecular weight is 620 g/mol. The Kier molecular flexibility index (Phi) is 9.10. The van der Waals surface area contributed by atoms with E-state index in [4.69, 9.17) is 19.7 Å². The largest absolute Gasteiger partial charge is 0.481 e. The van der Waals surface area contributed by atoms with Gasteiger partial charge in [-0.1, -0.05) is 12.1 Å². The Labute approximate surface area is 247 Å². The quantitative estimate of drug-likeness (QED) is 0.118. The lowest BCUT2D eigenvalue weighted by atomic mass is 9.98. The molecule has 0 unspecified atom stereocenters. The third-order valence-electron chi connectivity index (χ3n) is 6.52. The van der Waals surface area contributed by atoms with Crippen molar-refractivity contribution in [2.75, 3.05) is 50.2 Å². The number of methoxy groups -OCH3 is 2. The van der Waals surface area contributed by atoms with Crippen molar-refractivity contribution in [3.05, 3.63) is 66.2 Å². The first kappa shape index (κ1) is 30.2. The second-order valence-corrected chi connectivity index (χ2v) is 9.88. The van der Waals surface area contributed by atoms with Crippen LogP contribution in [-0.4, -0.2) is 60.3 Å². The lowest BCUT2D eigenvalue weighted by Gasteiger charge is -2.37. The van der Waals surface area contributed by atoms with Crippen LogP contribution in [0.15, 0.2) is 59.5 Å². The summed E-state index contributed by atoms with van der Waals surface area (Å²) in [5.74, 6) is 4.03. The van der Waals surface area contributed by atoms with E-state index >= 15 is 0 Å². The fourth-order valence-electron chi connectivity index (χ4n) is 4.55. The minimum Gasteiger partial charge on any atom is -0.481 e. The van der Waals surface area contributed by atoms with Gasteiger partial charge in [-0.2, -0.15) is 29.0 Å². The molecule has 0 atom stereocenters. The van der Waals surface area contributed by atoms with E-state index in [1.165, 1.54) is 26.4 Å². The third kappa shape index (κ3) is 6.88. The SMILES string of the molecule is COc1cc(N2CCN(c3nc(C(F)(F)F)nc(-c4ccc(F)cc4)c3-c3cccc(SOON)c3)CC2)nc(OC)n1. The van der Waals surface area contributed by atoms with E-state index in [-0.39, 0.29) is 36.2 Å². The number of hydrogen-bond donors (Lipinski definition) is 1. The second kappa shape index (κ2) is 12.9. The molecule has 4 aromatic rings. The van der Waals surface area contributed by atoms with E-state index < -0.39 is 17.8 Å². The molecule has 1 saturated heterocycles. The lowest BCUT2D eigenvalue weighted by molar-refractivity contribution is -0.195. The van der Waals surface area contributed by atoms with Crippen LogP contribution in [0.25, 0.3) is 22.4 Å². The van der Waals surface area contributed by atoms with Crippen LogP contribution in [0.4, 0.5) is 29.2 Å². The van der Waals surface area contributed by atoms with Gasteiger partial charge in [-0.25, -0.2) is 14.4 Å². The van der Waals surface area contributed by atoms with Crippen LogP contribution < -0.4 is 25.2 Å². The molecule has 2 aromatic carbocycles. The topological polar surface area (TPSA) is 121 Å². The van der Waals surface area contributed by atoms with Gasteiger partial charge in [-0.05, 0) is 42.0 Å². The second-order valence-electron chi connectivity index (χ2n) is 9.10. The Hall–Kier alpha value is -4.25. The first-order valence-corrected chi connectivity index (χ1v) is 13.5. The number of nitrogens with zero attached hydrogens (tertiary/aromatic N) is 6. The number of rotatable bonds is 9. The summed E-state index contributed by atoms with van der Waals surface area (Å²) in [6, 6.07) is 13.7. The van der Waals surface area contributed by atoms with Crippen LogP contribution in [0, 0.1) is 5.82 Å². The molecular weight excluding hydrogens is 594 g/mol. The molecule has 1 aliphatic rings. The molecule has 226 valence electrons. The number of hydrogen-bond acceptors (Lipinski definition) is 12. The summed E-state index contributed by atoms with van der Waals surface area (Å²) in [6.07, 6.45) is -4.85. The molecule has 16 heteroatoms. The maximum absolute atomic E-state index is 14.2. The number of alkyl halides is 3. The van der Waals surface area contributed by atoms with Gasteiger partial charge in [0.15, 0.2) is 0 Å². The Morgan fingerprint density at radius 3 is 2.21 bits per heavy atom. The molecule has 43 heavy (non-hydrogen) atoms. The highest BCUT2D eigenvalue weighted by molar-refractivity contribution is 7.94. The summed E-state index contributed by atoms with van der Waals surface area (Å²) in [7, 11) is 2.91. The van der Waals surface area contributed by atoms with Gasteiger partial charge in [0.2, 0.25) is 11.7 Å². The van der Waals surface area contributed by atoms with Crippen LogP contribution in [-0.2, 0) is 15.5 Å². The average Bonchev–Trinajstić information content (AvgIpc) is 3.03. The predicted octanol–water partition coefficient (Wildman–Crippen LogP) is 4.93. The van der Waals surface area contributed by atoms with Crippen LogP contribution in [0.5, 0.6) is 11.9 Å². The summed E-state index contributed by atoms with van der Waals surface area (Å²) in [4.78, 5) is 24.9. The Morgan fingerprint density at radius 1 is 0.837 bits per heavy atom. The third-order valence-corrected chi connectivity index (χ3v) is 7.11. The Morgan fingerprint density at radius 2 is 1.56 bits per heavy atom. The maximum atomic E-state index is 14.2. The summed E-state index contributed by atoms with van der Waals surface area (Å²) in [5, 5.41) is 0. The van der Waals surface area contributed by atoms with E-state index in [9.17, 15) is 17.6 Å². The molecule has 11 nitrogen and oxygen atoms in total. The number of nitrogens with two attached hydrogens (primary N) is 1. The lowest BCUT2D eigenvalue weighted by Crippen LogP contribution is -2.47. The molecule has 1 aliphatic heterocycles. The fraction of sp³-hybridized carbons (Fsp3) is 0.259. The van der Waals surface area contributed by atoms with Crippen LogP contribution in [0.1, 0.15) is 5.82 Å². The van der Waals surface area contributed by atoms with E-state index in [0.717, 1.165) is 24.2 Å². The van der Waals surface area contributed by atoms with Crippen LogP contribution in [0.3, 0.4) is 0 Å². The van der Waals surface area contributed by atoms with Gasteiger partial charge in [0.25, 0.3) is 0 Å². The van der Waals surface area contributed by atoms with Gasteiger partial charge < -0.3 is 19.3 Å². The van der Waals surface area contributed by atoms with Gasteiger partial charge in [0.1, 0.15) is 17.5 Å². The number of anilines is 2. The standard InChI is InChI=1S/C27H25F4N7O4S/c1-39-21-15-20(33-26(34-21)40-2)37-10-12-38(13-11-37)24-22(17-4-3-5-19(14-17)43-42-41-32)23(16-6-8-18(28)9-7-16)35-25(36-24)27(29,30)31/h3-9,14-15H,10-13,32H2,1-2H3. The molecule has 2 aromatic heterocycles. The van der Waals surface area contributed by atoms with Gasteiger partial charge in [-0.3, -0.25) is 0 Å². The van der Waals surface area contributed by atoms with Crippen molar-refractivity contribution < 1.29 is 36.4 Å². The van der Waals surface area contributed by atoms with Crippen LogP contribution >= 0.6 is 12.0 Å². The zero-order valence-corrected chi connectivity index (χ0v) is 23.7. The minimum absolute atomic E-state index is 0.0110. The molecule has 3 heterocycles. The van der Waals surface area contributed by atoms with E-state index in [1.54, 1.807) is 35.2 Å². The predicted molar refractivity (Wildman–Crippen MR) is 150 cm³/mol. The highest BCUT2D eigenvalue weighted by atomic mass is 32.2. The van der Waals surface area contributed by atoms with Gasteiger partial charge >= 0.3 is 12.2 Å². The van der Waals surface area contributed by atoms with Crippen molar-refractivity contribution in [2.45, 2.75) is 11.1 Å². The number of benzene rings is 2. The summed E-state index contributed by atoms with van der Waals surface area (Å²) < 4.78 is 71.5. The van der Waals surface area contributed by atoms with Crippen LogP contribution in [0.2, 0.25) is 0 Å². The smallest absolute Gasteiger partial charge is 0.451 e.